The van der Waals surface area contributed by atoms with Crippen LogP contribution >= 0.6 is 0 Å². The van der Waals surface area contributed by atoms with Crippen LogP contribution in [0.2, 0.25) is 0 Å². The highest BCUT2D eigenvalue weighted by Crippen LogP contribution is 2.37. The maximum Gasteiger partial charge on any atom is 0.426 e. The number of methoxy groups -OCH3 is 1. The number of carbonyl (C=O) groups excluding carboxylic acids is 1. The summed E-state index contributed by atoms with van der Waals surface area (Å²) in [6.07, 6.45) is 5.98. The van der Waals surface area contributed by atoms with Gasteiger partial charge in [0.15, 0.2) is 11.5 Å². The van der Waals surface area contributed by atoms with Gasteiger partial charge in [0.05, 0.1) is 18.9 Å². The highest BCUT2D eigenvalue weighted by atomic mass is 16.5. The molecular formula is C30H29NO5. The molecule has 0 aliphatic heterocycles. The number of benzene rings is 3. The number of hydrogen-bond acceptors (Lipinski definition) is 5. The van der Waals surface area contributed by atoms with Gasteiger partial charge in [-0.05, 0) is 48.9 Å². The van der Waals surface area contributed by atoms with E-state index in [-0.39, 0.29) is 24.3 Å². The van der Waals surface area contributed by atoms with Crippen molar-refractivity contribution in [3.05, 3.63) is 107 Å². The van der Waals surface area contributed by atoms with Gasteiger partial charge < -0.3 is 13.9 Å². The van der Waals surface area contributed by atoms with Gasteiger partial charge in [-0.3, -0.25) is 4.79 Å². The molecule has 36 heavy (non-hydrogen) atoms. The summed E-state index contributed by atoms with van der Waals surface area (Å²) in [5.41, 5.74) is 3.07. The van der Waals surface area contributed by atoms with Crippen LogP contribution in [0.15, 0.2) is 94.3 Å². The normalized spacial score (nSPS) is 14.5. The fourth-order valence-electron chi connectivity index (χ4n) is 4.92. The fourth-order valence-corrected chi connectivity index (χ4v) is 4.92. The Balaban J connectivity index is 1.51. The van der Waals surface area contributed by atoms with E-state index in [1.54, 1.807) is 7.11 Å². The first-order valence-electron chi connectivity index (χ1n) is 12.3. The molecular weight excluding hydrogens is 454 g/mol. The first-order chi connectivity index (χ1) is 17.6. The molecule has 0 saturated heterocycles. The third-order valence-electron chi connectivity index (χ3n) is 6.78. The minimum absolute atomic E-state index is 0.0818. The summed E-state index contributed by atoms with van der Waals surface area (Å²) < 4.78 is 18.2. The van der Waals surface area contributed by atoms with E-state index in [9.17, 15) is 9.59 Å². The third-order valence-corrected chi connectivity index (χ3v) is 6.78. The maximum atomic E-state index is 13.6. The van der Waals surface area contributed by atoms with E-state index in [2.05, 4.69) is 0 Å². The molecule has 1 saturated carbocycles. The Kier molecular flexibility index (Phi) is 7.03. The lowest BCUT2D eigenvalue weighted by atomic mass is 9.88. The maximum absolute atomic E-state index is 13.6. The molecule has 0 radical (unpaired) electrons. The minimum atomic E-state index is -0.689. The van der Waals surface area contributed by atoms with E-state index in [1.165, 1.54) is 6.26 Å². The molecule has 0 amide bonds. The van der Waals surface area contributed by atoms with Crippen LogP contribution in [-0.2, 0) is 0 Å². The van der Waals surface area contributed by atoms with Gasteiger partial charge in [-0.25, -0.2) is 9.36 Å². The second-order valence-corrected chi connectivity index (χ2v) is 9.08. The van der Waals surface area contributed by atoms with Crippen molar-refractivity contribution in [3.8, 4) is 22.8 Å². The average Bonchev–Trinajstić information content (AvgIpc) is 3.58. The van der Waals surface area contributed by atoms with E-state index in [0.29, 0.717) is 17.2 Å². The van der Waals surface area contributed by atoms with Crippen LogP contribution in [0, 0.1) is 0 Å². The minimum Gasteiger partial charge on any atom is -0.493 e. The van der Waals surface area contributed by atoms with E-state index >= 15 is 0 Å². The highest BCUT2D eigenvalue weighted by Gasteiger charge is 2.25. The molecule has 1 fully saturated rings. The van der Waals surface area contributed by atoms with Crippen molar-refractivity contribution in [1.29, 1.82) is 0 Å². The Bertz CT molecular complexity index is 1370. The lowest BCUT2D eigenvalue weighted by Gasteiger charge is -2.21. The zero-order valence-corrected chi connectivity index (χ0v) is 20.3. The van der Waals surface area contributed by atoms with Crippen LogP contribution in [0.4, 0.5) is 0 Å². The lowest BCUT2D eigenvalue weighted by molar-refractivity contribution is 0.0890. The molecule has 6 nitrogen and oxygen atoms in total. The van der Waals surface area contributed by atoms with Crippen molar-refractivity contribution in [3.63, 3.8) is 0 Å². The van der Waals surface area contributed by atoms with Crippen molar-refractivity contribution in [2.45, 2.75) is 44.1 Å². The van der Waals surface area contributed by atoms with Crippen LogP contribution in [0.25, 0.3) is 11.3 Å². The number of rotatable bonds is 8. The first-order valence-corrected chi connectivity index (χ1v) is 12.3. The van der Waals surface area contributed by atoms with Crippen LogP contribution in [0.1, 0.15) is 53.9 Å². The molecule has 3 aromatic carbocycles. The summed E-state index contributed by atoms with van der Waals surface area (Å²) in [5.74, 6) is 0.0316. The monoisotopic (exact) mass is 483 g/mol. The van der Waals surface area contributed by atoms with Crippen LogP contribution < -0.4 is 15.2 Å². The zero-order chi connectivity index (χ0) is 24.9. The summed E-state index contributed by atoms with van der Waals surface area (Å²) in [4.78, 5) is 26.2. The molecule has 184 valence electrons. The molecule has 1 aliphatic carbocycles. The molecule has 6 heteroatoms. The number of hydrogen-bond donors (Lipinski definition) is 0. The van der Waals surface area contributed by atoms with E-state index in [0.717, 1.165) is 46.9 Å². The first kappa shape index (κ1) is 23.7. The number of carbonyl (C=O) groups is 1. The summed E-state index contributed by atoms with van der Waals surface area (Å²) in [6, 6.07) is 24.9. The van der Waals surface area contributed by atoms with Crippen molar-refractivity contribution >= 4 is 5.91 Å². The predicted octanol–water partition coefficient (Wildman–Crippen LogP) is 6.30. The Hall–Kier alpha value is -4.06. The molecule has 1 aliphatic rings. The summed E-state index contributed by atoms with van der Waals surface area (Å²) >= 11 is 0. The van der Waals surface area contributed by atoms with Gasteiger partial charge in [-0.2, -0.15) is 0 Å². The Labute approximate surface area is 210 Å². The summed E-state index contributed by atoms with van der Waals surface area (Å²) in [7, 11) is 1.63. The third kappa shape index (κ3) is 4.98. The molecule has 1 aromatic heterocycles. The number of ether oxygens (including phenoxy) is 2. The molecule has 1 atom stereocenters. The highest BCUT2D eigenvalue weighted by molar-refractivity contribution is 5.84. The van der Waals surface area contributed by atoms with Crippen molar-refractivity contribution < 1.29 is 18.7 Å². The fraction of sp³-hybridized carbons (Fsp3) is 0.267. The number of nitrogens with zero attached hydrogens (tertiary/aromatic N) is 1. The van der Waals surface area contributed by atoms with Crippen molar-refractivity contribution in [2.75, 3.05) is 7.11 Å². The Morgan fingerprint density at radius 3 is 2.33 bits per heavy atom. The van der Waals surface area contributed by atoms with E-state index in [4.69, 9.17) is 13.9 Å². The molecule has 1 unspecified atom stereocenters. The van der Waals surface area contributed by atoms with Crippen LogP contribution in [-0.4, -0.2) is 23.7 Å². The lowest BCUT2D eigenvalue weighted by Crippen LogP contribution is -2.25. The second-order valence-electron chi connectivity index (χ2n) is 9.08. The molecule has 5 rings (SSSR count). The number of oxazole rings is 1. The van der Waals surface area contributed by atoms with Gasteiger partial charge in [-0.15, -0.1) is 0 Å². The molecule has 1 heterocycles. The molecule has 4 aromatic rings. The van der Waals surface area contributed by atoms with Crippen LogP contribution in [0.3, 0.4) is 0 Å². The van der Waals surface area contributed by atoms with Crippen molar-refractivity contribution in [1.82, 2.24) is 4.57 Å². The van der Waals surface area contributed by atoms with Gasteiger partial charge >= 0.3 is 5.76 Å². The smallest absolute Gasteiger partial charge is 0.426 e. The topological polar surface area (TPSA) is 70.7 Å². The SMILES string of the molecule is COc1ccc(C(CC(=O)n2c(-c3ccccc3)coc2=O)c2ccccc2)cc1OC1CCCC1. The predicted molar refractivity (Wildman–Crippen MR) is 138 cm³/mol. The zero-order valence-electron chi connectivity index (χ0n) is 20.3. The van der Waals surface area contributed by atoms with Crippen LogP contribution in [0.5, 0.6) is 11.5 Å². The van der Waals surface area contributed by atoms with E-state index < -0.39 is 5.76 Å². The van der Waals surface area contributed by atoms with Crippen molar-refractivity contribution in [2.24, 2.45) is 0 Å². The van der Waals surface area contributed by atoms with Gasteiger partial charge in [0.2, 0.25) is 5.91 Å². The van der Waals surface area contributed by atoms with Gasteiger partial charge in [0, 0.05) is 17.9 Å². The summed E-state index contributed by atoms with van der Waals surface area (Å²) in [5, 5.41) is 0. The van der Waals surface area contributed by atoms with Gasteiger partial charge in [0.1, 0.15) is 6.26 Å². The average molecular weight is 484 g/mol. The Morgan fingerprint density at radius 2 is 1.64 bits per heavy atom. The Morgan fingerprint density at radius 1 is 0.944 bits per heavy atom. The molecule has 0 N–H and O–H groups in total. The van der Waals surface area contributed by atoms with Gasteiger partial charge in [0.25, 0.3) is 0 Å². The number of aromatic nitrogens is 1. The second kappa shape index (κ2) is 10.7. The van der Waals surface area contributed by atoms with E-state index in [1.807, 2.05) is 78.9 Å². The quantitative estimate of drug-likeness (QED) is 0.294. The van der Waals surface area contributed by atoms with Gasteiger partial charge in [-0.1, -0.05) is 66.7 Å². The largest absolute Gasteiger partial charge is 0.493 e. The molecule has 0 bridgehead atoms. The standard InChI is InChI=1S/C30H29NO5/c1-34-27-17-16-23(18-28(27)36-24-14-8-9-15-24)25(21-10-4-2-5-11-21)19-29(32)31-26(20-35-30(31)33)22-12-6-3-7-13-22/h2-7,10-13,16-18,20,24-25H,8-9,14-15,19H2,1H3. The summed E-state index contributed by atoms with van der Waals surface area (Å²) in [6.45, 7) is 0. The molecule has 0 spiro atoms.